The predicted molar refractivity (Wildman–Crippen MR) is 135 cm³/mol. The van der Waals surface area contributed by atoms with E-state index in [1.807, 2.05) is 42.5 Å². The molecule has 0 aliphatic heterocycles. The lowest BCUT2D eigenvalue weighted by molar-refractivity contribution is -0.384. The van der Waals surface area contributed by atoms with E-state index in [0.29, 0.717) is 0 Å². The summed E-state index contributed by atoms with van der Waals surface area (Å²) in [5.74, 6) is 0.798. The Balaban J connectivity index is 1.90. The van der Waals surface area contributed by atoms with Gasteiger partial charge in [-0.15, -0.1) is 0 Å². The average molecular weight is 456 g/mol. The minimum absolute atomic E-state index is 0.00382. The molecule has 174 valence electrons. The highest BCUT2D eigenvalue weighted by Crippen LogP contribution is 2.37. The Bertz CT molecular complexity index is 1230. The van der Waals surface area contributed by atoms with Crippen molar-refractivity contribution in [2.24, 2.45) is 0 Å². The zero-order chi connectivity index (χ0) is 23.9. The van der Waals surface area contributed by atoms with Crippen molar-refractivity contribution in [3.8, 4) is 33.9 Å². The smallest absolute Gasteiger partial charge is 0.269 e. The van der Waals surface area contributed by atoms with Gasteiger partial charge in [0.1, 0.15) is 5.82 Å². The van der Waals surface area contributed by atoms with Crippen LogP contribution in [0.25, 0.3) is 33.9 Å². The number of benzene rings is 3. The highest BCUT2D eigenvalue weighted by atomic mass is 16.6. The van der Waals surface area contributed by atoms with Crippen molar-refractivity contribution in [2.45, 2.75) is 45.8 Å². The number of imidazole rings is 1. The van der Waals surface area contributed by atoms with Crippen molar-refractivity contribution in [1.82, 2.24) is 9.55 Å². The largest absolute Gasteiger partial charge is 0.392 e. The first-order chi connectivity index (χ1) is 16.6. The van der Waals surface area contributed by atoms with Crippen LogP contribution in [0.1, 0.15) is 38.2 Å². The highest BCUT2D eigenvalue weighted by Gasteiger charge is 2.21. The van der Waals surface area contributed by atoms with Gasteiger partial charge in [0.25, 0.3) is 5.69 Å². The summed E-state index contributed by atoms with van der Waals surface area (Å²) in [5, 5.41) is 20.7. The molecule has 0 fully saturated rings. The van der Waals surface area contributed by atoms with Gasteiger partial charge < -0.3 is 9.67 Å². The predicted octanol–water partition coefficient (Wildman–Crippen LogP) is 6.86. The van der Waals surface area contributed by atoms with Crippen molar-refractivity contribution >= 4 is 5.69 Å². The third kappa shape index (κ3) is 5.07. The van der Waals surface area contributed by atoms with E-state index in [1.165, 1.54) is 18.6 Å². The molecule has 0 bridgehead atoms. The Kier molecular flexibility index (Phi) is 7.50. The summed E-state index contributed by atoms with van der Waals surface area (Å²) in [7, 11) is 0. The Morgan fingerprint density at radius 1 is 0.853 bits per heavy atom. The highest BCUT2D eigenvalue weighted by molar-refractivity contribution is 5.82. The van der Waals surface area contributed by atoms with Gasteiger partial charge in [-0.25, -0.2) is 4.98 Å². The van der Waals surface area contributed by atoms with Gasteiger partial charge in [0, 0.05) is 35.4 Å². The molecule has 34 heavy (non-hydrogen) atoms. The molecule has 6 heteroatoms. The number of unbranched alkanes of at least 4 members (excludes halogenated alkanes) is 3. The lowest BCUT2D eigenvalue weighted by atomic mass is 10.0. The van der Waals surface area contributed by atoms with Crippen LogP contribution in [0.2, 0.25) is 0 Å². The number of nitrogens with zero attached hydrogens (tertiary/aromatic N) is 3. The Morgan fingerprint density at radius 2 is 1.53 bits per heavy atom. The Morgan fingerprint density at radius 3 is 2.15 bits per heavy atom. The molecule has 0 spiro atoms. The van der Waals surface area contributed by atoms with Crippen LogP contribution in [0, 0.1) is 10.1 Å². The van der Waals surface area contributed by atoms with Crippen LogP contribution in [0.15, 0.2) is 78.9 Å². The number of hydrogen-bond acceptors (Lipinski definition) is 4. The molecule has 0 atom stereocenters. The molecule has 0 saturated carbocycles. The Labute approximate surface area is 199 Å². The number of nitro groups is 1. The summed E-state index contributed by atoms with van der Waals surface area (Å²) in [6.07, 6.45) is 4.47. The molecule has 4 rings (SSSR count). The number of aliphatic hydroxyl groups is 1. The van der Waals surface area contributed by atoms with Crippen LogP contribution in [0.3, 0.4) is 0 Å². The molecule has 0 aliphatic rings. The maximum Gasteiger partial charge on any atom is 0.269 e. The van der Waals surface area contributed by atoms with Crippen LogP contribution in [0.4, 0.5) is 5.69 Å². The van der Waals surface area contributed by atoms with E-state index < -0.39 is 0 Å². The van der Waals surface area contributed by atoms with E-state index in [9.17, 15) is 15.2 Å². The molecule has 1 heterocycles. The van der Waals surface area contributed by atoms with Gasteiger partial charge in [-0.2, -0.15) is 0 Å². The van der Waals surface area contributed by atoms with Gasteiger partial charge in [0.2, 0.25) is 0 Å². The third-order valence-corrected chi connectivity index (χ3v) is 6.00. The number of aliphatic hydroxyl groups excluding tert-OH is 1. The molecule has 4 aromatic rings. The molecule has 0 saturated heterocycles. The van der Waals surface area contributed by atoms with E-state index in [1.54, 1.807) is 12.1 Å². The quantitative estimate of drug-likeness (QED) is 0.161. The van der Waals surface area contributed by atoms with Gasteiger partial charge in [0.15, 0.2) is 0 Å². The van der Waals surface area contributed by atoms with Crippen molar-refractivity contribution in [3.63, 3.8) is 0 Å². The molecule has 0 radical (unpaired) electrons. The minimum Gasteiger partial charge on any atom is -0.392 e. The number of rotatable bonds is 10. The van der Waals surface area contributed by atoms with E-state index in [0.717, 1.165) is 65.3 Å². The standard InChI is InChI=1S/C28H29N3O3/c1-2-3-4-8-19-30-27(23-13-11-21(20-32)12-14-23)26(22-9-6-5-7-10-22)29-28(30)24-15-17-25(18-16-24)31(33)34/h5-7,9-18,32H,2-4,8,19-20H2,1H3. The number of non-ortho nitro benzene ring substituents is 1. The lowest BCUT2D eigenvalue weighted by Gasteiger charge is -2.14. The van der Waals surface area contributed by atoms with E-state index in [4.69, 9.17) is 4.98 Å². The zero-order valence-corrected chi connectivity index (χ0v) is 19.4. The second kappa shape index (κ2) is 10.9. The van der Waals surface area contributed by atoms with Gasteiger partial charge in [-0.05, 0) is 24.1 Å². The van der Waals surface area contributed by atoms with Crippen LogP contribution < -0.4 is 0 Å². The molecule has 6 nitrogen and oxygen atoms in total. The van der Waals surface area contributed by atoms with Crippen molar-refractivity contribution in [1.29, 1.82) is 0 Å². The SMILES string of the molecule is CCCCCCn1c(-c2ccc([N+](=O)[O-])cc2)nc(-c2ccccc2)c1-c1ccc(CO)cc1. The number of nitro benzene ring substituents is 1. The maximum absolute atomic E-state index is 11.2. The van der Waals surface area contributed by atoms with Crippen LogP contribution in [-0.4, -0.2) is 19.6 Å². The van der Waals surface area contributed by atoms with Gasteiger partial charge in [-0.3, -0.25) is 10.1 Å². The summed E-state index contributed by atoms with van der Waals surface area (Å²) in [4.78, 5) is 15.9. The first kappa shape index (κ1) is 23.4. The molecule has 0 amide bonds. The second-order valence-electron chi connectivity index (χ2n) is 8.37. The molecule has 0 aliphatic carbocycles. The van der Waals surface area contributed by atoms with Gasteiger partial charge >= 0.3 is 0 Å². The van der Waals surface area contributed by atoms with Gasteiger partial charge in [0.05, 0.1) is 22.9 Å². The molecule has 0 unspecified atom stereocenters. The van der Waals surface area contributed by atoms with Crippen LogP contribution in [0.5, 0.6) is 0 Å². The summed E-state index contributed by atoms with van der Waals surface area (Å²) in [6, 6.07) is 24.6. The molecule has 1 N–H and O–H groups in total. The van der Waals surface area contributed by atoms with Crippen molar-refractivity contribution in [3.05, 3.63) is 94.5 Å². The fourth-order valence-corrected chi connectivity index (χ4v) is 4.18. The first-order valence-electron chi connectivity index (χ1n) is 11.7. The number of aromatic nitrogens is 2. The number of hydrogen-bond donors (Lipinski definition) is 1. The van der Waals surface area contributed by atoms with E-state index >= 15 is 0 Å². The average Bonchev–Trinajstić information content (AvgIpc) is 3.26. The second-order valence-corrected chi connectivity index (χ2v) is 8.37. The van der Waals surface area contributed by atoms with E-state index in [2.05, 4.69) is 23.6 Å². The third-order valence-electron chi connectivity index (χ3n) is 6.00. The minimum atomic E-state index is -0.384. The normalized spacial score (nSPS) is 11.0. The molecular formula is C28H29N3O3. The summed E-state index contributed by atoms with van der Waals surface area (Å²) < 4.78 is 2.24. The van der Waals surface area contributed by atoms with Crippen LogP contribution in [-0.2, 0) is 13.2 Å². The van der Waals surface area contributed by atoms with Gasteiger partial charge in [-0.1, -0.05) is 80.8 Å². The van der Waals surface area contributed by atoms with Crippen molar-refractivity contribution < 1.29 is 10.0 Å². The van der Waals surface area contributed by atoms with Crippen LogP contribution >= 0.6 is 0 Å². The topological polar surface area (TPSA) is 81.2 Å². The molecular weight excluding hydrogens is 426 g/mol. The zero-order valence-electron chi connectivity index (χ0n) is 19.4. The monoisotopic (exact) mass is 455 g/mol. The summed E-state index contributed by atoms with van der Waals surface area (Å²) >= 11 is 0. The molecule has 1 aromatic heterocycles. The molecule has 3 aromatic carbocycles. The lowest BCUT2D eigenvalue weighted by Crippen LogP contribution is -2.04. The fourth-order valence-electron chi connectivity index (χ4n) is 4.18. The first-order valence-corrected chi connectivity index (χ1v) is 11.7. The van der Waals surface area contributed by atoms with Crippen molar-refractivity contribution in [2.75, 3.05) is 0 Å². The summed E-state index contributed by atoms with van der Waals surface area (Å²) in [5.41, 5.74) is 5.69. The van der Waals surface area contributed by atoms with E-state index in [-0.39, 0.29) is 17.2 Å². The maximum atomic E-state index is 11.2. The Hall–Kier alpha value is -3.77. The fraction of sp³-hybridized carbons (Fsp3) is 0.250. The summed E-state index contributed by atoms with van der Waals surface area (Å²) in [6.45, 7) is 2.99.